The summed E-state index contributed by atoms with van der Waals surface area (Å²) in [7, 11) is 1.60. The highest BCUT2D eigenvalue weighted by Crippen LogP contribution is 2.31. The van der Waals surface area contributed by atoms with E-state index < -0.39 is 0 Å². The van der Waals surface area contributed by atoms with Crippen LogP contribution in [0.1, 0.15) is 45.5 Å². The summed E-state index contributed by atoms with van der Waals surface area (Å²) < 4.78 is 5.09. The van der Waals surface area contributed by atoms with Crippen molar-refractivity contribution in [3.05, 3.63) is 5.01 Å². The van der Waals surface area contributed by atoms with Gasteiger partial charge in [-0.15, -0.1) is 10.2 Å². The number of amides is 2. The molecule has 1 aromatic heterocycles. The number of nitrogens with one attached hydrogen (secondary N) is 1. The van der Waals surface area contributed by atoms with Gasteiger partial charge in [-0.3, -0.25) is 9.59 Å². The van der Waals surface area contributed by atoms with E-state index in [1.54, 1.807) is 12.0 Å². The largest absolute Gasteiger partial charge is 0.383 e. The number of hydrogen-bond donors (Lipinski definition) is 1. The summed E-state index contributed by atoms with van der Waals surface area (Å²) in [4.78, 5) is 26.2. The van der Waals surface area contributed by atoms with Gasteiger partial charge in [0, 0.05) is 25.5 Å². The number of hydrogen-bond acceptors (Lipinski definition) is 6. The lowest BCUT2D eigenvalue weighted by molar-refractivity contribution is -0.130. The highest BCUT2D eigenvalue weighted by atomic mass is 32.1. The van der Waals surface area contributed by atoms with Crippen LogP contribution in [-0.2, 0) is 19.7 Å². The number of anilines is 1. The molecule has 24 heavy (non-hydrogen) atoms. The molecule has 0 unspecified atom stereocenters. The number of carbonyl (C=O) groups excluding carboxylic acids is 2. The zero-order valence-corrected chi connectivity index (χ0v) is 15.8. The smallest absolute Gasteiger partial charge is 0.231 e. The second-order valence-electron chi connectivity index (χ2n) is 6.89. The molecule has 1 aliphatic rings. The number of ether oxygens (including phenoxy) is 1. The number of aromatic nitrogens is 2. The number of methoxy groups -OCH3 is 1. The minimum atomic E-state index is -0.358. The van der Waals surface area contributed by atoms with Crippen molar-refractivity contribution in [1.82, 2.24) is 15.1 Å². The zero-order valence-electron chi connectivity index (χ0n) is 15.0. The summed E-state index contributed by atoms with van der Waals surface area (Å²) in [6.45, 7) is 9.10. The lowest BCUT2D eigenvalue weighted by Crippen LogP contribution is -2.38. The topological polar surface area (TPSA) is 84.4 Å². The average Bonchev–Trinajstić information content (AvgIpc) is 3.14. The van der Waals surface area contributed by atoms with Crippen LogP contribution in [0.3, 0.4) is 0 Å². The molecule has 1 fully saturated rings. The molecule has 134 valence electrons. The minimum Gasteiger partial charge on any atom is -0.383 e. The van der Waals surface area contributed by atoms with Gasteiger partial charge >= 0.3 is 0 Å². The summed E-state index contributed by atoms with van der Waals surface area (Å²) in [5.41, 5.74) is -0.0592. The first kappa shape index (κ1) is 18.8. The van der Waals surface area contributed by atoms with Crippen LogP contribution >= 0.6 is 11.3 Å². The third-order valence-corrected chi connectivity index (χ3v) is 5.79. The van der Waals surface area contributed by atoms with Crippen LogP contribution in [0.25, 0.3) is 0 Å². The van der Waals surface area contributed by atoms with E-state index in [0.29, 0.717) is 18.3 Å². The molecule has 8 heteroatoms. The van der Waals surface area contributed by atoms with Crippen molar-refractivity contribution in [2.24, 2.45) is 5.92 Å². The van der Waals surface area contributed by atoms with Crippen molar-refractivity contribution in [2.75, 3.05) is 25.6 Å². The van der Waals surface area contributed by atoms with Crippen LogP contribution in [0.2, 0.25) is 0 Å². The van der Waals surface area contributed by atoms with Gasteiger partial charge in [0.15, 0.2) is 0 Å². The van der Waals surface area contributed by atoms with Crippen molar-refractivity contribution >= 4 is 28.3 Å². The highest BCUT2D eigenvalue weighted by molar-refractivity contribution is 7.15. The molecule has 1 N–H and O–H groups in total. The van der Waals surface area contributed by atoms with Crippen LogP contribution in [0.4, 0.5) is 5.13 Å². The van der Waals surface area contributed by atoms with Gasteiger partial charge in [-0.2, -0.15) is 0 Å². The molecule has 0 saturated carbocycles. The number of nitrogens with zero attached hydrogens (tertiary/aromatic N) is 3. The van der Waals surface area contributed by atoms with Gasteiger partial charge in [0.25, 0.3) is 0 Å². The Morgan fingerprint density at radius 2 is 2.21 bits per heavy atom. The molecule has 7 nitrogen and oxygen atoms in total. The normalized spacial score (nSPS) is 19.6. The molecule has 2 amide bonds. The predicted molar refractivity (Wildman–Crippen MR) is 93.0 cm³/mol. The van der Waals surface area contributed by atoms with Crippen molar-refractivity contribution in [2.45, 2.75) is 52.0 Å². The van der Waals surface area contributed by atoms with Crippen LogP contribution in [0.15, 0.2) is 0 Å². The summed E-state index contributed by atoms with van der Waals surface area (Å²) in [6.07, 6.45) is 1.17. The Kier molecular flexibility index (Phi) is 5.92. The van der Waals surface area contributed by atoms with Gasteiger partial charge < -0.3 is 15.0 Å². The third-order valence-electron chi connectivity index (χ3n) is 4.59. The minimum absolute atomic E-state index is 0.00947. The molecule has 0 radical (unpaired) electrons. The van der Waals surface area contributed by atoms with Crippen LogP contribution in [-0.4, -0.2) is 53.2 Å². The standard InChI is InChI=1S/C16H26N4O3S/c1-6-16(3,4)14-18-19-15(24-14)17-13(22)11-7-12(21)20(8-11)10(2)9-23-5/h10-11H,6-9H2,1-5H3,(H,17,19,22)/t10-,11-/m1/s1. The SMILES string of the molecule is CCC(C)(C)c1nnc(NC(=O)[C@@H]2CC(=O)N([C@H](C)COC)C2)s1. The maximum Gasteiger partial charge on any atom is 0.231 e. The zero-order chi connectivity index (χ0) is 17.9. The van der Waals surface area contributed by atoms with Gasteiger partial charge in [0.2, 0.25) is 16.9 Å². The molecule has 0 aromatic carbocycles. The Balaban J connectivity index is 1.97. The molecular weight excluding hydrogens is 328 g/mol. The van der Waals surface area contributed by atoms with Gasteiger partial charge in [0.05, 0.1) is 18.6 Å². The van der Waals surface area contributed by atoms with E-state index in [1.165, 1.54) is 11.3 Å². The van der Waals surface area contributed by atoms with E-state index in [1.807, 2.05) is 6.92 Å². The Labute approximate surface area is 146 Å². The molecule has 1 aromatic rings. The Morgan fingerprint density at radius 3 is 2.83 bits per heavy atom. The van der Waals surface area contributed by atoms with E-state index >= 15 is 0 Å². The van der Waals surface area contributed by atoms with E-state index in [2.05, 4.69) is 36.3 Å². The van der Waals surface area contributed by atoms with Crippen LogP contribution < -0.4 is 5.32 Å². The third kappa shape index (κ3) is 4.10. The first-order chi connectivity index (χ1) is 11.3. The summed E-state index contributed by atoms with van der Waals surface area (Å²) in [6, 6.07) is -0.0289. The van der Waals surface area contributed by atoms with Gasteiger partial charge in [-0.1, -0.05) is 32.1 Å². The van der Waals surface area contributed by atoms with Gasteiger partial charge in [0.1, 0.15) is 5.01 Å². The molecule has 2 rings (SSSR count). The molecule has 0 spiro atoms. The lowest BCUT2D eigenvalue weighted by atomic mass is 9.91. The van der Waals surface area contributed by atoms with E-state index in [0.717, 1.165) is 11.4 Å². The second-order valence-corrected chi connectivity index (χ2v) is 7.87. The number of likely N-dealkylation sites (tertiary alicyclic amines) is 1. The molecule has 1 aliphatic heterocycles. The van der Waals surface area contributed by atoms with Crippen molar-refractivity contribution < 1.29 is 14.3 Å². The van der Waals surface area contributed by atoms with E-state index in [9.17, 15) is 9.59 Å². The van der Waals surface area contributed by atoms with Crippen LogP contribution in [0.5, 0.6) is 0 Å². The van der Waals surface area contributed by atoms with E-state index in [4.69, 9.17) is 4.74 Å². The fourth-order valence-electron chi connectivity index (χ4n) is 2.57. The van der Waals surface area contributed by atoms with Gasteiger partial charge in [-0.05, 0) is 13.3 Å². The molecule has 2 atom stereocenters. The van der Waals surface area contributed by atoms with Crippen molar-refractivity contribution in [3.8, 4) is 0 Å². The Hall–Kier alpha value is -1.54. The summed E-state index contributed by atoms with van der Waals surface area (Å²) in [5.74, 6) is -0.541. The number of rotatable bonds is 7. The summed E-state index contributed by atoms with van der Waals surface area (Å²) >= 11 is 1.39. The maximum atomic E-state index is 12.4. The maximum absolute atomic E-state index is 12.4. The molecule has 2 heterocycles. The van der Waals surface area contributed by atoms with Crippen LogP contribution in [0, 0.1) is 5.92 Å². The summed E-state index contributed by atoms with van der Waals surface area (Å²) in [5, 5.41) is 12.4. The quantitative estimate of drug-likeness (QED) is 0.810. The molecule has 0 bridgehead atoms. The van der Waals surface area contributed by atoms with Crippen molar-refractivity contribution in [1.29, 1.82) is 0 Å². The van der Waals surface area contributed by atoms with Crippen molar-refractivity contribution in [3.63, 3.8) is 0 Å². The highest BCUT2D eigenvalue weighted by Gasteiger charge is 2.37. The lowest BCUT2D eigenvalue weighted by Gasteiger charge is -2.23. The Bertz CT molecular complexity index is 602. The fourth-order valence-corrected chi connectivity index (χ4v) is 3.49. The first-order valence-corrected chi connectivity index (χ1v) is 9.03. The average molecular weight is 354 g/mol. The van der Waals surface area contributed by atoms with E-state index in [-0.39, 0.29) is 35.6 Å². The molecular formula is C16H26N4O3S. The number of carbonyl (C=O) groups is 2. The molecule has 0 aliphatic carbocycles. The van der Waals surface area contributed by atoms with Gasteiger partial charge in [-0.25, -0.2) is 0 Å². The Morgan fingerprint density at radius 1 is 1.50 bits per heavy atom. The molecule has 1 saturated heterocycles. The second kappa shape index (κ2) is 7.57. The monoisotopic (exact) mass is 354 g/mol. The first-order valence-electron chi connectivity index (χ1n) is 8.21. The predicted octanol–water partition coefficient (Wildman–Crippen LogP) is 2.05. The fraction of sp³-hybridized carbons (Fsp3) is 0.750.